The molecule has 5 N–H and O–H groups in total. The molecule has 0 bridgehead atoms. The average Bonchev–Trinajstić information content (AvgIpc) is 1.87. The Bertz CT molecular complexity index is 205. The van der Waals surface area contributed by atoms with Gasteiger partial charge < -0.3 is 15.5 Å². The van der Waals surface area contributed by atoms with E-state index in [0.29, 0.717) is 5.76 Å². The number of nitrogens with one attached hydrogen (secondary N) is 1. The minimum Gasteiger partial charge on any atom is -0.412 e. The van der Waals surface area contributed by atoms with Gasteiger partial charge >= 0.3 is 0 Å². The summed E-state index contributed by atoms with van der Waals surface area (Å²) in [6, 6.07) is 1.39. The van der Waals surface area contributed by atoms with Crippen LogP contribution in [0.4, 0.5) is 0 Å². The molecule has 2 radical (unpaired) electrons. The van der Waals surface area contributed by atoms with Gasteiger partial charge in [-0.05, 0) is 6.92 Å². The molecular formula is C4H9CaNO4. The van der Waals surface area contributed by atoms with Crippen LogP contribution >= 0.6 is 0 Å². The molecule has 0 fully saturated rings. The van der Waals surface area contributed by atoms with Crippen molar-refractivity contribution in [3.63, 3.8) is 0 Å². The summed E-state index contributed by atoms with van der Waals surface area (Å²) in [5.74, 6) is 0.616. The van der Waals surface area contributed by atoms with Crippen LogP contribution in [-0.4, -0.2) is 53.8 Å². The van der Waals surface area contributed by atoms with Crippen LogP contribution in [0.5, 0.6) is 0 Å². The van der Waals surface area contributed by atoms with Gasteiger partial charge in [0, 0.05) is 43.8 Å². The van der Waals surface area contributed by atoms with Crippen molar-refractivity contribution in [1.29, 1.82) is 0 Å². The van der Waals surface area contributed by atoms with E-state index in [1.165, 1.54) is 6.07 Å². The van der Waals surface area contributed by atoms with Crippen LogP contribution in [0.1, 0.15) is 5.76 Å². The normalized spacial score (nSPS) is 6.50. The zero-order valence-corrected chi connectivity index (χ0v) is 7.81. The average molecular weight is 175 g/mol. The second-order valence-corrected chi connectivity index (χ2v) is 1.32. The van der Waals surface area contributed by atoms with Gasteiger partial charge in [-0.25, -0.2) is 0 Å². The van der Waals surface area contributed by atoms with Gasteiger partial charge in [0.15, 0.2) is 0 Å². The summed E-state index contributed by atoms with van der Waals surface area (Å²) in [5, 5.41) is 2.14. The summed E-state index contributed by atoms with van der Waals surface area (Å²) in [6.07, 6.45) is 0. The molecule has 1 aromatic rings. The first-order valence-electron chi connectivity index (χ1n) is 1.94. The monoisotopic (exact) mass is 175 g/mol. The molecule has 0 aromatic carbocycles. The number of aryl methyl sites for hydroxylation is 1. The van der Waals surface area contributed by atoms with Crippen molar-refractivity contribution in [1.82, 2.24) is 5.16 Å². The van der Waals surface area contributed by atoms with E-state index in [2.05, 4.69) is 9.68 Å². The van der Waals surface area contributed by atoms with Gasteiger partial charge in [0.25, 0.3) is 5.56 Å². The van der Waals surface area contributed by atoms with Gasteiger partial charge in [-0.3, -0.25) is 4.79 Å². The van der Waals surface area contributed by atoms with E-state index >= 15 is 0 Å². The molecule has 6 heteroatoms. The molecule has 0 aliphatic heterocycles. The van der Waals surface area contributed by atoms with Crippen molar-refractivity contribution in [2.24, 2.45) is 0 Å². The second kappa shape index (κ2) is 7.30. The summed E-state index contributed by atoms with van der Waals surface area (Å²) < 4.78 is 4.53. The first-order chi connectivity index (χ1) is 3.29. The molecule has 10 heavy (non-hydrogen) atoms. The molecule has 0 saturated heterocycles. The van der Waals surface area contributed by atoms with Crippen molar-refractivity contribution in [3.05, 3.63) is 22.2 Å². The largest absolute Gasteiger partial charge is 0.412 e. The first-order valence-corrected chi connectivity index (χ1v) is 1.94. The smallest absolute Gasteiger partial charge is 0.280 e. The van der Waals surface area contributed by atoms with E-state index in [9.17, 15) is 4.79 Å². The molecule has 5 nitrogen and oxygen atoms in total. The Balaban J connectivity index is -0.000000163. The van der Waals surface area contributed by atoms with E-state index in [0.717, 1.165) is 0 Å². The number of hydrogen-bond acceptors (Lipinski definition) is 2. The predicted octanol–water partition coefficient (Wildman–Crippen LogP) is -1.75. The van der Waals surface area contributed by atoms with Crippen molar-refractivity contribution in [2.75, 3.05) is 0 Å². The molecule has 0 spiro atoms. The Kier molecular flexibility index (Phi) is 12.2. The van der Waals surface area contributed by atoms with Crippen LogP contribution in [0.15, 0.2) is 15.4 Å². The molecule has 1 heterocycles. The maximum absolute atomic E-state index is 10.1. The second-order valence-electron chi connectivity index (χ2n) is 1.32. The van der Waals surface area contributed by atoms with Crippen molar-refractivity contribution in [3.8, 4) is 0 Å². The summed E-state index contributed by atoms with van der Waals surface area (Å²) in [4.78, 5) is 10.1. The van der Waals surface area contributed by atoms with Crippen LogP contribution in [0, 0.1) is 6.92 Å². The van der Waals surface area contributed by atoms with Gasteiger partial charge in [-0.2, -0.15) is 5.16 Å². The van der Waals surface area contributed by atoms with E-state index in [1.54, 1.807) is 6.92 Å². The Morgan fingerprint density at radius 2 is 2.00 bits per heavy atom. The summed E-state index contributed by atoms with van der Waals surface area (Å²) in [7, 11) is 0. The maximum atomic E-state index is 10.1. The molecule has 0 unspecified atom stereocenters. The maximum Gasteiger partial charge on any atom is 0.280 e. The zero-order valence-electron chi connectivity index (χ0n) is 5.60. The Morgan fingerprint density at radius 1 is 1.50 bits per heavy atom. The van der Waals surface area contributed by atoms with Crippen LogP contribution in [-0.2, 0) is 0 Å². The molecule has 0 aliphatic carbocycles. The molecule has 0 saturated carbocycles. The van der Waals surface area contributed by atoms with Gasteiger partial charge in [-0.1, -0.05) is 0 Å². The van der Waals surface area contributed by atoms with Crippen LogP contribution in [0.3, 0.4) is 0 Å². The molecular weight excluding hydrogens is 166 g/mol. The van der Waals surface area contributed by atoms with Crippen molar-refractivity contribution in [2.45, 2.75) is 6.92 Å². The van der Waals surface area contributed by atoms with Crippen LogP contribution in [0.25, 0.3) is 0 Å². The summed E-state index contributed by atoms with van der Waals surface area (Å²) in [6.45, 7) is 1.71. The van der Waals surface area contributed by atoms with E-state index < -0.39 is 0 Å². The molecule has 0 aliphatic rings. The molecule has 56 valence electrons. The number of hydrogen-bond donors (Lipinski definition) is 1. The van der Waals surface area contributed by atoms with Crippen LogP contribution in [0.2, 0.25) is 0 Å². The minimum atomic E-state index is -0.183. The summed E-state index contributed by atoms with van der Waals surface area (Å²) >= 11 is 0. The summed E-state index contributed by atoms with van der Waals surface area (Å²) in [5.41, 5.74) is -0.183. The third-order valence-corrected chi connectivity index (χ3v) is 0.647. The molecule has 0 atom stereocenters. The standard InChI is InChI=1S/C4H5NO2.Ca.2H2O/c1-3-2-4(6)5-7-3;;;/h2H,1H3,(H,5,6);;2*1H2. The van der Waals surface area contributed by atoms with E-state index in [-0.39, 0.29) is 54.2 Å². The van der Waals surface area contributed by atoms with E-state index in [4.69, 9.17) is 0 Å². The Morgan fingerprint density at radius 3 is 2.10 bits per heavy atom. The van der Waals surface area contributed by atoms with Gasteiger partial charge in [0.1, 0.15) is 5.76 Å². The molecule has 0 amide bonds. The number of H-pyrrole nitrogens is 1. The SMILES string of the molecule is Cc1cc(=O)[nH]o1.O.O.[Ca]. The molecule has 1 aromatic heterocycles. The first kappa shape index (κ1) is 16.6. The van der Waals surface area contributed by atoms with Gasteiger partial charge in [-0.15, -0.1) is 0 Å². The number of rotatable bonds is 0. The predicted molar refractivity (Wildman–Crippen MR) is 37.0 cm³/mol. The fourth-order valence-corrected chi connectivity index (χ4v) is 0.374. The fourth-order valence-electron chi connectivity index (χ4n) is 0.374. The van der Waals surface area contributed by atoms with Gasteiger partial charge in [0.2, 0.25) is 0 Å². The number of aromatic nitrogens is 1. The minimum absolute atomic E-state index is 0. The quantitative estimate of drug-likeness (QED) is 0.471. The molecule has 1 rings (SSSR count). The third kappa shape index (κ3) is 5.01. The fraction of sp³-hybridized carbons (Fsp3) is 0.250. The Hall–Kier alpha value is 0.190. The zero-order chi connectivity index (χ0) is 5.28. The van der Waals surface area contributed by atoms with Crippen molar-refractivity contribution >= 4 is 37.7 Å². The number of aromatic amines is 1. The Labute approximate surface area is 87.0 Å². The topological polar surface area (TPSA) is 109 Å². The van der Waals surface area contributed by atoms with Gasteiger partial charge in [0.05, 0.1) is 0 Å². The third-order valence-electron chi connectivity index (χ3n) is 0.647. The van der Waals surface area contributed by atoms with E-state index in [1.807, 2.05) is 0 Å². The van der Waals surface area contributed by atoms with Crippen LogP contribution < -0.4 is 5.56 Å². The van der Waals surface area contributed by atoms with Crippen molar-refractivity contribution < 1.29 is 15.5 Å².